The normalized spacial score (nSPS) is 17.1. The van der Waals surface area contributed by atoms with Gasteiger partial charge in [0.25, 0.3) is 11.1 Å². The molecule has 2 aliphatic rings. The fourth-order valence-electron chi connectivity index (χ4n) is 3.56. The molecule has 1 saturated heterocycles. The third-order valence-corrected chi connectivity index (χ3v) is 6.19. The Morgan fingerprint density at radius 2 is 1.77 bits per heavy atom. The second-order valence-electron chi connectivity index (χ2n) is 7.22. The van der Waals surface area contributed by atoms with Crippen LogP contribution in [0, 0.1) is 0 Å². The van der Waals surface area contributed by atoms with Gasteiger partial charge in [-0.25, -0.2) is 4.79 Å². The van der Waals surface area contributed by atoms with Crippen molar-refractivity contribution in [3.63, 3.8) is 0 Å². The molecule has 8 heteroatoms. The molecule has 4 rings (SSSR count). The van der Waals surface area contributed by atoms with Crippen molar-refractivity contribution in [2.24, 2.45) is 0 Å². The first kappa shape index (κ1) is 20.9. The van der Waals surface area contributed by atoms with Crippen LogP contribution in [0.5, 0.6) is 0 Å². The fraction of sp³-hybridized carbons (Fsp3) is 0.217. The van der Waals surface area contributed by atoms with E-state index in [1.54, 1.807) is 35.2 Å². The van der Waals surface area contributed by atoms with E-state index in [-0.39, 0.29) is 17.4 Å². The number of nitrogens with zero attached hydrogens (tertiary/aromatic N) is 2. The first-order chi connectivity index (χ1) is 15.0. The van der Waals surface area contributed by atoms with Crippen molar-refractivity contribution in [3.8, 4) is 0 Å². The summed E-state index contributed by atoms with van der Waals surface area (Å²) in [6.07, 6.45) is 2.33. The van der Waals surface area contributed by atoms with E-state index >= 15 is 0 Å². The molecule has 0 radical (unpaired) electrons. The summed E-state index contributed by atoms with van der Waals surface area (Å²) in [5, 5.41) is -0.465. The summed E-state index contributed by atoms with van der Waals surface area (Å²) in [7, 11) is 1.30. The van der Waals surface area contributed by atoms with Gasteiger partial charge >= 0.3 is 5.97 Å². The van der Waals surface area contributed by atoms with E-state index in [0.29, 0.717) is 24.2 Å². The average Bonchev–Trinajstić information content (AvgIpc) is 3.05. The molecule has 2 aliphatic heterocycles. The van der Waals surface area contributed by atoms with Crippen molar-refractivity contribution in [2.45, 2.75) is 13.0 Å². The molecule has 31 heavy (non-hydrogen) atoms. The highest BCUT2D eigenvalue weighted by Gasteiger charge is 2.37. The molecule has 0 atom stereocenters. The molecule has 1 fully saturated rings. The summed E-state index contributed by atoms with van der Waals surface area (Å²) in [5.41, 5.74) is 3.36. The molecule has 0 aliphatic carbocycles. The Balaban J connectivity index is 1.43. The van der Waals surface area contributed by atoms with Crippen LogP contribution >= 0.6 is 11.8 Å². The smallest absolute Gasteiger partial charge is 0.337 e. The Labute approximate surface area is 183 Å². The zero-order valence-corrected chi connectivity index (χ0v) is 17.7. The van der Waals surface area contributed by atoms with Crippen LogP contribution in [-0.2, 0) is 27.3 Å². The van der Waals surface area contributed by atoms with Crippen molar-refractivity contribution in [3.05, 3.63) is 75.7 Å². The lowest BCUT2D eigenvalue weighted by Crippen LogP contribution is -2.44. The minimum absolute atomic E-state index is 0.243. The van der Waals surface area contributed by atoms with E-state index in [2.05, 4.69) is 10.8 Å². The molecule has 0 unspecified atom stereocenters. The Bertz CT molecular complexity index is 1090. The maximum absolute atomic E-state index is 12.8. The predicted molar refractivity (Wildman–Crippen MR) is 116 cm³/mol. The Morgan fingerprint density at radius 3 is 2.48 bits per heavy atom. The number of benzene rings is 2. The first-order valence-electron chi connectivity index (χ1n) is 9.74. The van der Waals surface area contributed by atoms with E-state index in [1.165, 1.54) is 12.7 Å². The number of fused-ring (bicyclic) bond motifs is 1. The van der Waals surface area contributed by atoms with Gasteiger partial charge in [0, 0.05) is 13.1 Å². The fourth-order valence-corrected chi connectivity index (χ4v) is 4.40. The number of hydrogen-bond donors (Lipinski definition) is 0. The molecule has 2 heterocycles. The molecule has 0 spiro atoms. The quantitative estimate of drug-likeness (QED) is 0.541. The van der Waals surface area contributed by atoms with Gasteiger partial charge < -0.3 is 9.64 Å². The van der Waals surface area contributed by atoms with Crippen molar-refractivity contribution < 1.29 is 23.9 Å². The maximum atomic E-state index is 12.8. The SMILES string of the molecule is COC(=O)c1ccc(/C=C2\SC(=O)N(CC(=O)N3CCc4ccccc4C3)C2=O)cc1. The number of methoxy groups -OCH3 is 1. The number of ether oxygens (including phenoxy) is 1. The van der Waals surface area contributed by atoms with Crippen molar-refractivity contribution in [2.75, 3.05) is 20.2 Å². The molecule has 3 amide bonds. The topological polar surface area (TPSA) is 84.0 Å². The van der Waals surface area contributed by atoms with Gasteiger partial charge in [0.15, 0.2) is 0 Å². The Morgan fingerprint density at radius 1 is 1.06 bits per heavy atom. The van der Waals surface area contributed by atoms with Gasteiger partial charge in [0.1, 0.15) is 6.54 Å². The molecule has 158 valence electrons. The second kappa shape index (κ2) is 8.77. The van der Waals surface area contributed by atoms with Crippen LogP contribution in [0.3, 0.4) is 0 Å². The summed E-state index contributed by atoms with van der Waals surface area (Å²) < 4.78 is 4.66. The molecule has 2 aromatic rings. The van der Waals surface area contributed by atoms with Gasteiger partial charge in [-0.3, -0.25) is 19.3 Å². The number of carbonyl (C=O) groups excluding carboxylic acids is 4. The lowest BCUT2D eigenvalue weighted by molar-refractivity contribution is -0.136. The third-order valence-electron chi connectivity index (χ3n) is 5.28. The van der Waals surface area contributed by atoms with Gasteiger partial charge in [0.05, 0.1) is 17.6 Å². The van der Waals surface area contributed by atoms with Crippen LogP contribution in [-0.4, -0.2) is 53.0 Å². The first-order valence-corrected chi connectivity index (χ1v) is 10.6. The van der Waals surface area contributed by atoms with Crippen LogP contribution < -0.4 is 0 Å². The average molecular weight is 436 g/mol. The number of hydrogen-bond acceptors (Lipinski definition) is 6. The van der Waals surface area contributed by atoms with Crippen molar-refractivity contribution in [1.29, 1.82) is 0 Å². The van der Waals surface area contributed by atoms with Gasteiger partial charge in [-0.05, 0) is 53.1 Å². The molecule has 0 bridgehead atoms. The van der Waals surface area contributed by atoms with E-state index in [9.17, 15) is 19.2 Å². The van der Waals surface area contributed by atoms with Crippen LogP contribution in [0.25, 0.3) is 6.08 Å². The van der Waals surface area contributed by atoms with Gasteiger partial charge in [-0.15, -0.1) is 0 Å². The summed E-state index contributed by atoms with van der Waals surface area (Å²) >= 11 is 0.805. The van der Waals surface area contributed by atoms with E-state index < -0.39 is 17.1 Å². The zero-order chi connectivity index (χ0) is 22.0. The van der Waals surface area contributed by atoms with Crippen molar-refractivity contribution in [1.82, 2.24) is 9.80 Å². The molecule has 2 aromatic carbocycles. The lowest BCUT2D eigenvalue weighted by Gasteiger charge is -2.29. The maximum Gasteiger partial charge on any atom is 0.337 e. The summed E-state index contributed by atoms with van der Waals surface area (Å²) in [4.78, 5) is 52.3. The number of esters is 1. The zero-order valence-electron chi connectivity index (χ0n) is 16.9. The Kier molecular flexibility index (Phi) is 5.90. The van der Waals surface area contributed by atoms with E-state index in [1.807, 2.05) is 18.2 Å². The molecule has 7 nitrogen and oxygen atoms in total. The largest absolute Gasteiger partial charge is 0.465 e. The minimum atomic E-state index is -0.488. The van der Waals surface area contributed by atoms with Crippen LogP contribution in [0.2, 0.25) is 0 Å². The second-order valence-corrected chi connectivity index (χ2v) is 8.21. The van der Waals surface area contributed by atoms with Crippen molar-refractivity contribution >= 4 is 40.9 Å². The monoisotopic (exact) mass is 436 g/mol. The minimum Gasteiger partial charge on any atom is -0.465 e. The summed E-state index contributed by atoms with van der Waals surface area (Å²) in [6.45, 7) is 0.771. The van der Waals surface area contributed by atoms with Gasteiger partial charge in [-0.2, -0.15) is 0 Å². The molecular formula is C23H20N2O5S. The van der Waals surface area contributed by atoms with Crippen LogP contribution in [0.1, 0.15) is 27.0 Å². The van der Waals surface area contributed by atoms with E-state index in [0.717, 1.165) is 28.6 Å². The van der Waals surface area contributed by atoms with Crippen LogP contribution in [0.15, 0.2) is 53.4 Å². The van der Waals surface area contributed by atoms with Crippen LogP contribution in [0.4, 0.5) is 4.79 Å². The standard InChI is InChI=1S/C23H20N2O5S/c1-30-22(28)17-8-6-15(7-9-17)12-19-21(27)25(23(29)31-19)14-20(26)24-11-10-16-4-2-3-5-18(16)13-24/h2-9,12H,10-11,13-14H2,1H3/b19-12-. The Hall–Kier alpha value is -3.39. The number of rotatable bonds is 4. The van der Waals surface area contributed by atoms with E-state index in [4.69, 9.17) is 0 Å². The lowest BCUT2D eigenvalue weighted by atomic mass is 10.00. The molecule has 0 N–H and O–H groups in total. The summed E-state index contributed by atoms with van der Waals surface area (Å²) in [6, 6.07) is 14.4. The number of thioether (sulfide) groups is 1. The number of amides is 3. The molecular weight excluding hydrogens is 416 g/mol. The highest BCUT2D eigenvalue weighted by molar-refractivity contribution is 8.18. The van der Waals surface area contributed by atoms with Gasteiger partial charge in [0.2, 0.25) is 5.91 Å². The number of imide groups is 1. The number of carbonyl (C=O) groups is 4. The molecule has 0 saturated carbocycles. The highest BCUT2D eigenvalue weighted by atomic mass is 32.2. The highest BCUT2D eigenvalue weighted by Crippen LogP contribution is 2.32. The third kappa shape index (κ3) is 4.39. The molecule has 0 aromatic heterocycles. The van der Waals surface area contributed by atoms with Gasteiger partial charge in [-0.1, -0.05) is 36.4 Å². The summed E-state index contributed by atoms with van der Waals surface area (Å²) in [5.74, 6) is -1.19. The predicted octanol–water partition coefficient (Wildman–Crippen LogP) is 3.09.